The molecule has 2 heterocycles. The van der Waals surface area contributed by atoms with Crippen molar-refractivity contribution in [1.82, 2.24) is 10.3 Å². The standard InChI is InChI=1S/C17H18N4O3S/c1-3-11-9(2)25-17(20-11)21-14(22)8-13-16(24)18-12-7-5-4-6-10(12)15(23)19-13/h4-7,13H,3,8H2,1-2H3,(H,18,24)(H,19,23)(H,20,21,22)/t13-/m0/s1. The molecule has 0 unspecified atom stereocenters. The molecule has 0 radical (unpaired) electrons. The quantitative estimate of drug-likeness (QED) is 0.779. The predicted molar refractivity (Wildman–Crippen MR) is 95.8 cm³/mol. The molecule has 3 N–H and O–H groups in total. The van der Waals surface area contributed by atoms with E-state index in [-0.39, 0.29) is 18.2 Å². The lowest BCUT2D eigenvalue weighted by Gasteiger charge is -2.13. The van der Waals surface area contributed by atoms with Gasteiger partial charge in [-0.2, -0.15) is 0 Å². The van der Waals surface area contributed by atoms with Gasteiger partial charge in [-0.05, 0) is 25.5 Å². The minimum Gasteiger partial charge on any atom is -0.340 e. The number of carbonyl (C=O) groups excluding carboxylic acids is 3. The van der Waals surface area contributed by atoms with Crippen LogP contribution in [-0.4, -0.2) is 28.7 Å². The molecule has 1 aliphatic rings. The van der Waals surface area contributed by atoms with E-state index in [0.29, 0.717) is 16.4 Å². The molecule has 0 saturated carbocycles. The summed E-state index contributed by atoms with van der Waals surface area (Å²) in [5.41, 5.74) is 1.76. The van der Waals surface area contributed by atoms with Gasteiger partial charge in [0.05, 0.1) is 23.4 Å². The summed E-state index contributed by atoms with van der Waals surface area (Å²) < 4.78 is 0. The van der Waals surface area contributed by atoms with Crippen LogP contribution in [0.3, 0.4) is 0 Å². The molecule has 2 aromatic rings. The lowest BCUT2D eigenvalue weighted by atomic mass is 10.1. The van der Waals surface area contributed by atoms with Crippen molar-refractivity contribution in [3.63, 3.8) is 0 Å². The second-order valence-corrected chi connectivity index (χ2v) is 6.89. The first-order valence-electron chi connectivity index (χ1n) is 7.94. The molecule has 130 valence electrons. The molecular weight excluding hydrogens is 340 g/mol. The number of aryl methyl sites for hydroxylation is 2. The van der Waals surface area contributed by atoms with Crippen molar-refractivity contribution in [2.45, 2.75) is 32.7 Å². The van der Waals surface area contributed by atoms with Crippen molar-refractivity contribution in [3.05, 3.63) is 40.4 Å². The fraction of sp³-hybridized carbons (Fsp3) is 0.294. The van der Waals surface area contributed by atoms with Gasteiger partial charge in [-0.3, -0.25) is 14.4 Å². The fourth-order valence-electron chi connectivity index (χ4n) is 2.62. The molecule has 0 spiro atoms. The zero-order chi connectivity index (χ0) is 18.0. The third kappa shape index (κ3) is 3.69. The maximum absolute atomic E-state index is 12.3. The lowest BCUT2D eigenvalue weighted by molar-refractivity contribution is -0.122. The number of aromatic nitrogens is 1. The number of para-hydroxylation sites is 1. The predicted octanol–water partition coefficient (Wildman–Crippen LogP) is 2.09. The largest absolute Gasteiger partial charge is 0.340 e. The highest BCUT2D eigenvalue weighted by Crippen LogP contribution is 2.23. The zero-order valence-corrected chi connectivity index (χ0v) is 14.7. The Morgan fingerprint density at radius 1 is 1.32 bits per heavy atom. The third-order valence-corrected chi connectivity index (χ3v) is 4.84. The van der Waals surface area contributed by atoms with Gasteiger partial charge in [-0.15, -0.1) is 11.3 Å². The highest BCUT2D eigenvalue weighted by Gasteiger charge is 2.29. The number of anilines is 2. The minimum atomic E-state index is -0.938. The van der Waals surface area contributed by atoms with Crippen molar-refractivity contribution in [1.29, 1.82) is 0 Å². The number of rotatable bonds is 4. The first-order chi connectivity index (χ1) is 12.0. The summed E-state index contributed by atoms with van der Waals surface area (Å²) in [4.78, 5) is 42.2. The van der Waals surface area contributed by atoms with Crippen LogP contribution in [0.4, 0.5) is 10.8 Å². The molecule has 1 aromatic heterocycles. The van der Waals surface area contributed by atoms with Crippen LogP contribution in [-0.2, 0) is 16.0 Å². The van der Waals surface area contributed by atoms with Crippen molar-refractivity contribution in [2.24, 2.45) is 0 Å². The molecule has 1 aliphatic heterocycles. The molecule has 8 heteroatoms. The Morgan fingerprint density at radius 2 is 2.08 bits per heavy atom. The molecule has 0 saturated heterocycles. The van der Waals surface area contributed by atoms with E-state index in [4.69, 9.17) is 0 Å². The van der Waals surface area contributed by atoms with Gasteiger partial charge in [0, 0.05) is 4.88 Å². The van der Waals surface area contributed by atoms with E-state index in [1.807, 2.05) is 13.8 Å². The van der Waals surface area contributed by atoms with Gasteiger partial charge in [0.25, 0.3) is 5.91 Å². The molecule has 0 aliphatic carbocycles. The van der Waals surface area contributed by atoms with E-state index in [0.717, 1.165) is 17.0 Å². The zero-order valence-electron chi connectivity index (χ0n) is 13.9. The first-order valence-corrected chi connectivity index (χ1v) is 8.76. The Balaban J connectivity index is 1.69. The van der Waals surface area contributed by atoms with Crippen LogP contribution in [0.1, 0.15) is 34.3 Å². The Bertz CT molecular complexity index is 846. The van der Waals surface area contributed by atoms with Crippen LogP contribution in [0.15, 0.2) is 24.3 Å². The average Bonchev–Trinajstić information content (AvgIpc) is 2.88. The number of nitrogens with zero attached hydrogens (tertiary/aromatic N) is 1. The van der Waals surface area contributed by atoms with E-state index < -0.39 is 11.9 Å². The number of carbonyl (C=O) groups is 3. The number of benzene rings is 1. The third-order valence-electron chi connectivity index (χ3n) is 3.91. The van der Waals surface area contributed by atoms with Crippen LogP contribution in [0, 0.1) is 6.92 Å². The van der Waals surface area contributed by atoms with Gasteiger partial charge in [0.1, 0.15) is 6.04 Å². The molecule has 0 fully saturated rings. The Labute approximate surface area is 148 Å². The smallest absolute Gasteiger partial charge is 0.254 e. The summed E-state index contributed by atoms with van der Waals surface area (Å²) in [6, 6.07) is 5.79. The maximum Gasteiger partial charge on any atom is 0.254 e. The summed E-state index contributed by atoms with van der Waals surface area (Å²) in [5.74, 6) is -1.18. The summed E-state index contributed by atoms with van der Waals surface area (Å²) in [7, 11) is 0. The number of hydrogen-bond donors (Lipinski definition) is 3. The van der Waals surface area contributed by atoms with E-state index in [9.17, 15) is 14.4 Å². The van der Waals surface area contributed by atoms with Crippen LogP contribution in [0.2, 0.25) is 0 Å². The topological polar surface area (TPSA) is 100 Å². The van der Waals surface area contributed by atoms with E-state index in [1.54, 1.807) is 24.3 Å². The van der Waals surface area contributed by atoms with E-state index >= 15 is 0 Å². The van der Waals surface area contributed by atoms with Crippen molar-refractivity contribution >= 4 is 39.9 Å². The Kier molecular flexibility index (Phi) is 4.80. The Hall–Kier alpha value is -2.74. The molecule has 25 heavy (non-hydrogen) atoms. The number of fused-ring (bicyclic) bond motifs is 1. The summed E-state index contributed by atoms with van der Waals surface area (Å²) in [6.45, 7) is 3.94. The number of thiazole rings is 1. The number of amides is 3. The van der Waals surface area contributed by atoms with Gasteiger partial charge < -0.3 is 16.0 Å². The minimum absolute atomic E-state index is 0.161. The molecular formula is C17H18N4O3S. The lowest BCUT2D eigenvalue weighted by Crippen LogP contribution is -2.43. The van der Waals surface area contributed by atoms with Gasteiger partial charge >= 0.3 is 0 Å². The monoisotopic (exact) mass is 358 g/mol. The van der Waals surface area contributed by atoms with Gasteiger partial charge in [-0.25, -0.2) is 4.98 Å². The average molecular weight is 358 g/mol. The summed E-state index contributed by atoms with van der Waals surface area (Å²) in [6.07, 6.45) is 0.628. The van der Waals surface area contributed by atoms with Crippen LogP contribution in [0.25, 0.3) is 0 Å². The van der Waals surface area contributed by atoms with Crippen molar-refractivity contribution in [3.8, 4) is 0 Å². The molecule has 1 aromatic carbocycles. The molecule has 3 amide bonds. The fourth-order valence-corrected chi connectivity index (χ4v) is 3.54. The number of nitrogens with one attached hydrogen (secondary N) is 3. The first kappa shape index (κ1) is 17.1. The maximum atomic E-state index is 12.3. The molecule has 7 nitrogen and oxygen atoms in total. The summed E-state index contributed by atoms with van der Waals surface area (Å²) in [5, 5.41) is 8.48. The van der Waals surface area contributed by atoms with E-state index in [2.05, 4.69) is 20.9 Å². The second kappa shape index (κ2) is 7.02. The second-order valence-electron chi connectivity index (χ2n) is 5.69. The molecule has 3 rings (SSSR count). The highest BCUT2D eigenvalue weighted by molar-refractivity contribution is 7.15. The highest BCUT2D eigenvalue weighted by atomic mass is 32.1. The van der Waals surface area contributed by atoms with Gasteiger partial charge in [0.2, 0.25) is 11.8 Å². The van der Waals surface area contributed by atoms with Gasteiger partial charge in [-0.1, -0.05) is 19.1 Å². The van der Waals surface area contributed by atoms with Crippen LogP contribution >= 0.6 is 11.3 Å². The number of hydrogen-bond acceptors (Lipinski definition) is 5. The van der Waals surface area contributed by atoms with Crippen LogP contribution < -0.4 is 16.0 Å². The van der Waals surface area contributed by atoms with Gasteiger partial charge in [0.15, 0.2) is 5.13 Å². The van der Waals surface area contributed by atoms with Crippen molar-refractivity contribution in [2.75, 3.05) is 10.6 Å². The SMILES string of the molecule is CCc1nc(NC(=O)C[C@@H]2NC(=O)c3ccccc3NC2=O)sc1C. The van der Waals surface area contributed by atoms with E-state index in [1.165, 1.54) is 11.3 Å². The Morgan fingerprint density at radius 3 is 2.80 bits per heavy atom. The van der Waals surface area contributed by atoms with Crippen molar-refractivity contribution < 1.29 is 14.4 Å². The van der Waals surface area contributed by atoms with Crippen LogP contribution in [0.5, 0.6) is 0 Å². The molecule has 0 bridgehead atoms. The summed E-state index contributed by atoms with van der Waals surface area (Å²) >= 11 is 1.39. The molecule has 1 atom stereocenters. The normalized spacial score (nSPS) is 16.5.